The number of aliphatic hydroxyl groups is 1. The number of hydrogen-bond donors (Lipinski definition) is 2. The highest BCUT2D eigenvalue weighted by molar-refractivity contribution is 6.30. The monoisotopic (exact) mass is 330 g/mol. The van der Waals surface area contributed by atoms with Crippen LogP contribution < -0.4 is 10.1 Å². The molecule has 2 aromatic carbocycles. The molecule has 0 spiro atoms. The van der Waals surface area contributed by atoms with Gasteiger partial charge in [0.05, 0.1) is 25.1 Å². The third kappa shape index (κ3) is 3.06. The van der Waals surface area contributed by atoms with Crippen LogP contribution in [0.1, 0.15) is 11.1 Å². The number of methoxy groups -OCH3 is 1. The highest BCUT2D eigenvalue weighted by Gasteiger charge is 2.25. The lowest BCUT2D eigenvalue weighted by atomic mass is 10.0. The number of aliphatic hydroxyl groups excluding tert-OH is 1. The molecule has 6 heteroatoms. The zero-order valence-electron chi connectivity index (χ0n) is 12.4. The summed E-state index contributed by atoms with van der Waals surface area (Å²) in [7, 11) is 1.58. The largest absolute Gasteiger partial charge is 0.497 e. The quantitative estimate of drug-likeness (QED) is 0.908. The third-order valence-electron chi connectivity index (χ3n) is 3.62. The van der Waals surface area contributed by atoms with Crippen LogP contribution in [0.4, 0.5) is 5.69 Å². The van der Waals surface area contributed by atoms with Crippen molar-refractivity contribution >= 4 is 28.9 Å². The number of carbonyl (C=O) groups is 1. The molecule has 1 aliphatic heterocycles. The van der Waals surface area contributed by atoms with Gasteiger partial charge in [0.2, 0.25) is 0 Å². The van der Waals surface area contributed by atoms with Crippen LogP contribution in [0.15, 0.2) is 47.5 Å². The molecule has 1 heterocycles. The summed E-state index contributed by atoms with van der Waals surface area (Å²) in [6, 6.07) is 11.6. The minimum absolute atomic E-state index is 0.345. The first-order chi connectivity index (χ1) is 11.1. The number of ether oxygens (including phenoxy) is 1. The van der Waals surface area contributed by atoms with Crippen molar-refractivity contribution in [2.24, 2.45) is 4.99 Å². The fraction of sp³-hybridized carbons (Fsp3) is 0.176. The highest BCUT2D eigenvalue weighted by atomic mass is 35.5. The van der Waals surface area contributed by atoms with Crippen molar-refractivity contribution in [2.45, 2.75) is 6.04 Å². The topological polar surface area (TPSA) is 70.9 Å². The summed E-state index contributed by atoms with van der Waals surface area (Å²) in [4.78, 5) is 16.6. The second-order valence-electron chi connectivity index (χ2n) is 5.08. The molecule has 0 radical (unpaired) electrons. The number of halogens is 1. The summed E-state index contributed by atoms with van der Waals surface area (Å²) in [5.41, 5.74) is 2.77. The number of fused-ring (bicyclic) bond motifs is 1. The van der Waals surface area contributed by atoms with Crippen molar-refractivity contribution in [3.05, 3.63) is 58.6 Å². The molecule has 0 aliphatic carbocycles. The number of hydrogen-bond acceptors (Lipinski definition) is 4. The Labute approximate surface area is 138 Å². The Morgan fingerprint density at radius 1 is 1.26 bits per heavy atom. The van der Waals surface area contributed by atoms with Gasteiger partial charge < -0.3 is 15.2 Å². The van der Waals surface area contributed by atoms with Gasteiger partial charge in [-0.25, -0.2) is 0 Å². The average molecular weight is 331 g/mol. The van der Waals surface area contributed by atoms with Gasteiger partial charge in [0.25, 0.3) is 5.91 Å². The minimum atomic E-state index is -0.862. The fourth-order valence-electron chi connectivity index (χ4n) is 2.42. The zero-order chi connectivity index (χ0) is 16.4. The number of rotatable bonds is 3. The Balaban J connectivity index is 2.20. The SMILES string of the molecule is COc1ccc2c(c1)C(c1ccc(Cl)cc1)=N[C@@H](CO)C(=O)N2. The van der Waals surface area contributed by atoms with E-state index in [1.54, 1.807) is 31.4 Å². The van der Waals surface area contributed by atoms with E-state index in [0.29, 0.717) is 22.2 Å². The third-order valence-corrected chi connectivity index (χ3v) is 3.87. The normalized spacial score (nSPS) is 16.9. The Morgan fingerprint density at radius 3 is 2.65 bits per heavy atom. The molecule has 1 amide bonds. The van der Waals surface area contributed by atoms with E-state index in [1.807, 2.05) is 18.2 Å². The summed E-state index contributed by atoms with van der Waals surface area (Å²) in [6.07, 6.45) is 0. The second kappa shape index (κ2) is 6.40. The van der Waals surface area contributed by atoms with Gasteiger partial charge in [-0.05, 0) is 30.3 Å². The van der Waals surface area contributed by atoms with Gasteiger partial charge in [-0.3, -0.25) is 9.79 Å². The number of nitrogens with zero attached hydrogens (tertiary/aromatic N) is 1. The number of aliphatic imine (C=N–C) groups is 1. The number of carbonyl (C=O) groups excluding carboxylic acids is 1. The molecule has 0 aromatic heterocycles. The molecule has 1 aliphatic rings. The molecule has 0 fully saturated rings. The molecule has 0 unspecified atom stereocenters. The van der Waals surface area contributed by atoms with Crippen LogP contribution in [-0.4, -0.2) is 36.5 Å². The maximum Gasteiger partial charge on any atom is 0.251 e. The van der Waals surface area contributed by atoms with Crippen LogP contribution in [0.5, 0.6) is 5.75 Å². The van der Waals surface area contributed by atoms with Crippen LogP contribution in [0.2, 0.25) is 5.02 Å². The Kier molecular flexibility index (Phi) is 4.32. The summed E-state index contributed by atoms with van der Waals surface area (Å²) in [5.74, 6) is 0.310. The van der Waals surface area contributed by atoms with E-state index in [1.165, 1.54) is 0 Å². The Morgan fingerprint density at radius 2 is 2.00 bits per heavy atom. The standard InChI is InChI=1S/C17H15ClN2O3/c1-23-12-6-7-14-13(8-12)16(10-2-4-11(18)5-3-10)19-15(9-21)17(22)20-14/h2-8,15,21H,9H2,1H3,(H,20,22)/t15-/m0/s1. The van der Waals surface area contributed by atoms with Gasteiger partial charge in [0.15, 0.2) is 6.04 Å². The minimum Gasteiger partial charge on any atom is -0.497 e. The number of benzodiazepines with no additional fused rings is 1. The van der Waals surface area contributed by atoms with E-state index in [0.717, 1.165) is 11.1 Å². The van der Waals surface area contributed by atoms with Crippen LogP contribution in [-0.2, 0) is 4.79 Å². The molecule has 118 valence electrons. The number of nitrogens with one attached hydrogen (secondary N) is 1. The number of anilines is 1. The van der Waals surface area contributed by atoms with Crippen LogP contribution in [0.3, 0.4) is 0 Å². The molecule has 1 atom stereocenters. The lowest BCUT2D eigenvalue weighted by Crippen LogP contribution is -2.28. The van der Waals surface area contributed by atoms with Crippen LogP contribution in [0, 0.1) is 0 Å². The molecular formula is C17H15ClN2O3. The summed E-state index contributed by atoms with van der Waals surface area (Å²) in [5, 5.41) is 12.9. The first-order valence-corrected chi connectivity index (χ1v) is 7.44. The molecule has 2 N–H and O–H groups in total. The van der Waals surface area contributed by atoms with Gasteiger partial charge in [-0.2, -0.15) is 0 Å². The van der Waals surface area contributed by atoms with Gasteiger partial charge in [-0.1, -0.05) is 23.7 Å². The fourth-order valence-corrected chi connectivity index (χ4v) is 2.54. The Hall–Kier alpha value is -2.37. The van der Waals surface area contributed by atoms with E-state index >= 15 is 0 Å². The predicted molar refractivity (Wildman–Crippen MR) is 89.6 cm³/mol. The molecule has 5 nitrogen and oxygen atoms in total. The van der Waals surface area contributed by atoms with Crippen LogP contribution in [0.25, 0.3) is 0 Å². The first-order valence-electron chi connectivity index (χ1n) is 7.06. The maximum absolute atomic E-state index is 12.2. The molecular weight excluding hydrogens is 316 g/mol. The van der Waals surface area contributed by atoms with Gasteiger partial charge >= 0.3 is 0 Å². The molecule has 0 saturated heterocycles. The second-order valence-corrected chi connectivity index (χ2v) is 5.52. The smallest absolute Gasteiger partial charge is 0.251 e. The zero-order valence-corrected chi connectivity index (χ0v) is 13.2. The molecule has 23 heavy (non-hydrogen) atoms. The number of amides is 1. The van der Waals surface area contributed by atoms with Gasteiger partial charge in [0, 0.05) is 16.1 Å². The van der Waals surface area contributed by atoms with Crippen molar-refractivity contribution in [1.82, 2.24) is 0 Å². The van der Waals surface area contributed by atoms with Crippen molar-refractivity contribution < 1.29 is 14.6 Å². The lowest BCUT2D eigenvalue weighted by Gasteiger charge is -2.11. The van der Waals surface area contributed by atoms with E-state index in [2.05, 4.69) is 10.3 Å². The molecule has 2 aromatic rings. The highest BCUT2D eigenvalue weighted by Crippen LogP contribution is 2.28. The summed E-state index contributed by atoms with van der Waals surface area (Å²) < 4.78 is 5.27. The first kappa shape index (κ1) is 15.5. The van der Waals surface area contributed by atoms with Gasteiger partial charge in [0.1, 0.15) is 5.75 Å². The summed E-state index contributed by atoms with van der Waals surface area (Å²) in [6.45, 7) is -0.367. The van der Waals surface area contributed by atoms with Crippen molar-refractivity contribution in [2.75, 3.05) is 19.0 Å². The van der Waals surface area contributed by atoms with E-state index in [9.17, 15) is 9.90 Å². The Bertz CT molecular complexity index is 772. The number of benzene rings is 2. The van der Waals surface area contributed by atoms with Gasteiger partial charge in [-0.15, -0.1) is 0 Å². The van der Waals surface area contributed by atoms with E-state index < -0.39 is 6.04 Å². The van der Waals surface area contributed by atoms with E-state index in [-0.39, 0.29) is 12.5 Å². The van der Waals surface area contributed by atoms with Crippen LogP contribution >= 0.6 is 11.6 Å². The van der Waals surface area contributed by atoms with Crippen molar-refractivity contribution in [3.8, 4) is 5.75 Å². The summed E-state index contributed by atoms with van der Waals surface area (Å²) >= 11 is 5.94. The molecule has 3 rings (SSSR count). The molecule has 0 bridgehead atoms. The van der Waals surface area contributed by atoms with E-state index in [4.69, 9.17) is 16.3 Å². The molecule has 0 saturated carbocycles. The predicted octanol–water partition coefficient (Wildman–Crippen LogP) is 2.50. The average Bonchev–Trinajstić information content (AvgIpc) is 2.71. The lowest BCUT2D eigenvalue weighted by molar-refractivity contribution is -0.118. The maximum atomic E-state index is 12.2. The van der Waals surface area contributed by atoms with Crippen molar-refractivity contribution in [3.63, 3.8) is 0 Å². The van der Waals surface area contributed by atoms with Crippen molar-refractivity contribution in [1.29, 1.82) is 0 Å².